The molecule has 1 unspecified atom stereocenters. The number of fused-ring (bicyclic) bond motifs is 1. The third-order valence-electron chi connectivity index (χ3n) is 6.01. The van der Waals surface area contributed by atoms with Crippen molar-refractivity contribution >= 4 is 16.8 Å². The van der Waals surface area contributed by atoms with Crippen LogP contribution in [0.25, 0.3) is 10.9 Å². The fraction of sp³-hybridized carbons (Fsp3) is 0.348. The second-order valence-corrected chi connectivity index (χ2v) is 8.12. The number of nitrogens with zero attached hydrogens (tertiary/aromatic N) is 3. The number of aromatic nitrogens is 3. The van der Waals surface area contributed by atoms with E-state index in [0.29, 0.717) is 12.8 Å². The van der Waals surface area contributed by atoms with Crippen molar-refractivity contribution in [2.75, 3.05) is 0 Å². The fourth-order valence-electron chi connectivity index (χ4n) is 4.38. The quantitative estimate of drug-likeness (QED) is 0.615. The lowest BCUT2D eigenvalue weighted by atomic mass is 9.83. The minimum absolute atomic E-state index is 0.0389. The van der Waals surface area contributed by atoms with Crippen molar-refractivity contribution in [3.8, 4) is 6.07 Å². The van der Waals surface area contributed by atoms with Crippen LogP contribution in [0, 0.1) is 28.9 Å². The van der Waals surface area contributed by atoms with E-state index in [4.69, 9.17) is 5.26 Å². The Morgan fingerprint density at radius 2 is 2.00 bits per heavy atom. The van der Waals surface area contributed by atoms with Gasteiger partial charge in [-0.15, -0.1) is 0 Å². The third-order valence-corrected chi connectivity index (χ3v) is 6.01. The fourth-order valence-corrected chi connectivity index (χ4v) is 4.38. The van der Waals surface area contributed by atoms with Crippen LogP contribution in [0.15, 0.2) is 40.1 Å². The van der Waals surface area contributed by atoms with Crippen molar-refractivity contribution in [1.82, 2.24) is 19.9 Å². The molecular formula is C23H21F2N5O3. The number of H-pyrrole nitrogens is 1. The molecule has 3 aromatic rings. The highest BCUT2D eigenvalue weighted by Gasteiger charge is 2.34. The molecule has 0 radical (unpaired) electrons. The molecule has 170 valence electrons. The van der Waals surface area contributed by atoms with E-state index in [9.17, 15) is 23.2 Å². The van der Waals surface area contributed by atoms with Crippen molar-refractivity contribution in [2.45, 2.75) is 44.7 Å². The van der Waals surface area contributed by atoms with Gasteiger partial charge in [-0.25, -0.2) is 18.1 Å². The molecule has 8 nitrogen and oxygen atoms in total. The van der Waals surface area contributed by atoms with Gasteiger partial charge in [-0.3, -0.25) is 14.6 Å². The number of hydrogen-bond acceptors (Lipinski definition) is 5. The summed E-state index contributed by atoms with van der Waals surface area (Å²) < 4.78 is 28.8. The molecule has 1 fully saturated rings. The topological polar surface area (TPSA) is 121 Å². The number of carbonyl (C=O) groups is 1. The van der Waals surface area contributed by atoms with E-state index in [1.165, 1.54) is 12.3 Å². The number of pyridine rings is 1. The van der Waals surface area contributed by atoms with Crippen LogP contribution in [0.1, 0.15) is 49.4 Å². The van der Waals surface area contributed by atoms with Gasteiger partial charge in [0.2, 0.25) is 5.91 Å². The van der Waals surface area contributed by atoms with Crippen LogP contribution < -0.4 is 16.6 Å². The molecule has 0 bridgehead atoms. The zero-order chi connectivity index (χ0) is 23.5. The van der Waals surface area contributed by atoms with E-state index in [1.807, 2.05) is 0 Å². The molecule has 1 aliphatic carbocycles. The number of nitriles is 1. The van der Waals surface area contributed by atoms with Crippen molar-refractivity contribution in [2.24, 2.45) is 5.92 Å². The van der Waals surface area contributed by atoms with Crippen LogP contribution in [0.3, 0.4) is 0 Å². The maximum atomic E-state index is 14.2. The summed E-state index contributed by atoms with van der Waals surface area (Å²) in [6.45, 7) is -0.283. The van der Waals surface area contributed by atoms with E-state index in [1.54, 1.807) is 6.07 Å². The monoisotopic (exact) mass is 453 g/mol. The van der Waals surface area contributed by atoms with Crippen LogP contribution in [0.4, 0.5) is 8.78 Å². The molecular weight excluding hydrogens is 432 g/mol. The lowest BCUT2D eigenvalue weighted by molar-refractivity contribution is -0.126. The van der Waals surface area contributed by atoms with Gasteiger partial charge in [-0.05, 0) is 43.0 Å². The Balaban J connectivity index is 1.72. The molecule has 2 aromatic heterocycles. The lowest BCUT2D eigenvalue weighted by Crippen LogP contribution is -2.47. The number of hydrogen-bond donors (Lipinski definition) is 2. The van der Waals surface area contributed by atoms with Gasteiger partial charge in [0, 0.05) is 6.20 Å². The lowest BCUT2D eigenvalue weighted by Gasteiger charge is -2.30. The average Bonchev–Trinajstić information content (AvgIpc) is 2.81. The first-order valence-corrected chi connectivity index (χ1v) is 10.7. The molecule has 1 atom stereocenters. The molecule has 10 heteroatoms. The van der Waals surface area contributed by atoms with Gasteiger partial charge in [0.1, 0.15) is 23.7 Å². The van der Waals surface area contributed by atoms with Gasteiger partial charge in [0.05, 0.1) is 28.7 Å². The smallest absolute Gasteiger partial charge is 0.329 e. The first kappa shape index (κ1) is 22.3. The molecule has 0 spiro atoms. The molecule has 0 saturated heterocycles. The first-order valence-electron chi connectivity index (χ1n) is 10.7. The second-order valence-electron chi connectivity index (χ2n) is 8.12. The van der Waals surface area contributed by atoms with Crippen LogP contribution in [0.5, 0.6) is 0 Å². The standard InChI is InChI=1S/C23H21F2N5O3/c24-15-6-7-18-16(9-15)22(32)30(23(33)29-18)20(14-4-2-1-3-5-14)21(31)28-12-19-17(25)8-13(10-26)11-27-19/h6-9,11,14,20H,1-5,12H2,(H,28,31)(H,29,33). The van der Waals surface area contributed by atoms with Gasteiger partial charge in [0.25, 0.3) is 5.56 Å². The summed E-state index contributed by atoms with van der Waals surface area (Å²) in [4.78, 5) is 45.7. The molecule has 2 heterocycles. The van der Waals surface area contributed by atoms with E-state index in [0.717, 1.165) is 42.0 Å². The van der Waals surface area contributed by atoms with Gasteiger partial charge in [0.15, 0.2) is 0 Å². The number of halogens is 2. The van der Waals surface area contributed by atoms with Gasteiger partial charge < -0.3 is 10.3 Å². The molecule has 33 heavy (non-hydrogen) atoms. The van der Waals surface area contributed by atoms with Crippen LogP contribution in [0.2, 0.25) is 0 Å². The SMILES string of the molecule is N#Cc1cnc(CNC(=O)C(C2CCCCC2)n2c(=O)[nH]c3ccc(F)cc3c2=O)c(F)c1. The maximum Gasteiger partial charge on any atom is 0.329 e. The third kappa shape index (κ3) is 4.53. The van der Waals surface area contributed by atoms with E-state index >= 15 is 0 Å². The van der Waals surface area contributed by atoms with Crippen LogP contribution >= 0.6 is 0 Å². The molecule has 1 aromatic carbocycles. The Labute approximate surface area is 186 Å². The van der Waals surface area contributed by atoms with E-state index in [2.05, 4.69) is 15.3 Å². The number of benzene rings is 1. The summed E-state index contributed by atoms with van der Waals surface area (Å²) in [7, 11) is 0. The minimum Gasteiger partial charge on any atom is -0.349 e. The maximum absolute atomic E-state index is 14.2. The number of amides is 1. The van der Waals surface area contributed by atoms with Crippen LogP contribution in [-0.2, 0) is 11.3 Å². The van der Waals surface area contributed by atoms with E-state index in [-0.39, 0.29) is 34.6 Å². The first-order chi connectivity index (χ1) is 15.9. The van der Waals surface area contributed by atoms with Crippen molar-refractivity contribution in [1.29, 1.82) is 5.26 Å². The molecule has 2 N–H and O–H groups in total. The summed E-state index contributed by atoms with van der Waals surface area (Å²) in [6, 6.07) is 5.11. The van der Waals surface area contributed by atoms with Crippen molar-refractivity contribution < 1.29 is 13.6 Å². The Bertz CT molecular complexity index is 1370. The number of nitrogens with one attached hydrogen (secondary N) is 2. The minimum atomic E-state index is -1.14. The molecule has 0 aliphatic heterocycles. The number of carbonyl (C=O) groups excluding carboxylic acids is 1. The van der Waals surface area contributed by atoms with Crippen LogP contribution in [-0.4, -0.2) is 20.4 Å². The average molecular weight is 453 g/mol. The summed E-state index contributed by atoms with van der Waals surface area (Å²) in [6.07, 6.45) is 5.13. The highest BCUT2D eigenvalue weighted by molar-refractivity contribution is 5.82. The largest absolute Gasteiger partial charge is 0.349 e. The molecule has 4 rings (SSSR count). The normalized spacial score (nSPS) is 15.2. The Morgan fingerprint density at radius 3 is 2.70 bits per heavy atom. The highest BCUT2D eigenvalue weighted by Crippen LogP contribution is 2.32. The predicted octanol–water partition coefficient (Wildman–Crippen LogP) is 2.67. The summed E-state index contributed by atoms with van der Waals surface area (Å²) in [5.74, 6) is -2.31. The van der Waals surface area contributed by atoms with Crippen molar-refractivity contribution in [3.63, 3.8) is 0 Å². The highest BCUT2D eigenvalue weighted by atomic mass is 19.1. The summed E-state index contributed by atoms with van der Waals surface area (Å²) in [5.41, 5.74) is -1.39. The van der Waals surface area contributed by atoms with E-state index < -0.39 is 34.8 Å². The summed E-state index contributed by atoms with van der Waals surface area (Å²) in [5, 5.41) is 11.4. The zero-order valence-electron chi connectivity index (χ0n) is 17.6. The molecule has 1 aliphatic rings. The molecule has 1 saturated carbocycles. The van der Waals surface area contributed by atoms with Gasteiger partial charge in [-0.2, -0.15) is 5.26 Å². The Kier molecular flexibility index (Phi) is 6.31. The molecule has 1 amide bonds. The Morgan fingerprint density at radius 1 is 1.24 bits per heavy atom. The Hall–Kier alpha value is -3.87. The summed E-state index contributed by atoms with van der Waals surface area (Å²) >= 11 is 0. The number of rotatable bonds is 5. The second kappa shape index (κ2) is 9.32. The zero-order valence-corrected chi connectivity index (χ0v) is 17.6. The predicted molar refractivity (Wildman–Crippen MR) is 115 cm³/mol. The van der Waals surface area contributed by atoms with Gasteiger partial charge >= 0.3 is 5.69 Å². The van der Waals surface area contributed by atoms with Gasteiger partial charge in [-0.1, -0.05) is 19.3 Å². The van der Waals surface area contributed by atoms with Crippen molar-refractivity contribution in [3.05, 3.63) is 74.2 Å². The number of aromatic amines is 1.